The molecule has 1 aromatic carbocycles. The second-order valence-corrected chi connectivity index (χ2v) is 5.29. The summed E-state index contributed by atoms with van der Waals surface area (Å²) < 4.78 is 1.08. The van der Waals surface area contributed by atoms with Crippen molar-refractivity contribution in [1.29, 1.82) is 5.26 Å². The van der Waals surface area contributed by atoms with E-state index in [0.717, 1.165) is 28.5 Å². The van der Waals surface area contributed by atoms with Crippen molar-refractivity contribution in [3.05, 3.63) is 63.1 Å². The van der Waals surface area contributed by atoms with Crippen LogP contribution in [-0.2, 0) is 0 Å². The average molecular weight is 321 g/mol. The highest BCUT2D eigenvalue weighted by Gasteiger charge is 2.06. The molecule has 0 heterocycles. The Morgan fingerprint density at radius 2 is 1.94 bits per heavy atom. The van der Waals surface area contributed by atoms with Crippen LogP contribution in [0.3, 0.4) is 0 Å². The lowest BCUT2D eigenvalue weighted by Crippen LogP contribution is -1.87. The molecule has 1 nitrogen and oxygen atoms in total. The molecular formula is C15H11BrClN. The molecule has 2 rings (SSSR count). The summed E-state index contributed by atoms with van der Waals surface area (Å²) in [6.45, 7) is 0. The Balaban J connectivity index is 2.40. The van der Waals surface area contributed by atoms with Crippen LogP contribution in [0.4, 0.5) is 0 Å². The number of benzene rings is 1. The number of halogens is 2. The molecule has 1 aliphatic rings. The van der Waals surface area contributed by atoms with Gasteiger partial charge in [0.25, 0.3) is 0 Å². The van der Waals surface area contributed by atoms with Crippen molar-refractivity contribution in [3.8, 4) is 6.07 Å². The van der Waals surface area contributed by atoms with Gasteiger partial charge in [0, 0.05) is 15.1 Å². The summed E-state index contributed by atoms with van der Waals surface area (Å²) in [5.74, 6) is 0. The van der Waals surface area contributed by atoms with Gasteiger partial charge in [-0.3, -0.25) is 0 Å². The van der Waals surface area contributed by atoms with E-state index < -0.39 is 0 Å². The Bertz CT molecular complexity index is 591. The van der Waals surface area contributed by atoms with E-state index in [0.29, 0.717) is 10.6 Å². The van der Waals surface area contributed by atoms with Crippen LogP contribution in [0.15, 0.2) is 47.0 Å². The fourth-order valence-electron chi connectivity index (χ4n) is 1.78. The SMILES string of the molecule is N#Cc1ccc(C2=C/CC\C=C(Br)/C=C\2)c(Cl)c1. The van der Waals surface area contributed by atoms with Gasteiger partial charge >= 0.3 is 0 Å². The standard InChI is InChI=1S/C15H11BrClN/c16-13-4-2-1-3-12(6-7-13)14-8-5-11(10-18)9-15(14)17/h3-9H,1-2H2/b7-6-,12-3+,13-4+. The molecule has 3 heteroatoms. The normalized spacial score (nSPS) is 22.7. The summed E-state index contributed by atoms with van der Waals surface area (Å²) in [5, 5.41) is 9.45. The van der Waals surface area contributed by atoms with Gasteiger partial charge in [-0.2, -0.15) is 5.26 Å². The van der Waals surface area contributed by atoms with E-state index in [2.05, 4.69) is 34.2 Å². The largest absolute Gasteiger partial charge is 0.192 e. The van der Waals surface area contributed by atoms with Gasteiger partial charge in [-0.1, -0.05) is 51.8 Å². The third-order valence-corrected chi connectivity index (χ3v) is 3.60. The summed E-state index contributed by atoms with van der Waals surface area (Å²) in [6, 6.07) is 7.48. The number of nitrogens with zero attached hydrogens (tertiary/aromatic N) is 1. The lowest BCUT2D eigenvalue weighted by Gasteiger charge is -2.08. The second kappa shape index (κ2) is 6.04. The van der Waals surface area contributed by atoms with Crippen molar-refractivity contribution in [2.75, 3.05) is 0 Å². The molecule has 0 saturated carbocycles. The van der Waals surface area contributed by atoms with Gasteiger partial charge < -0.3 is 0 Å². The molecule has 0 unspecified atom stereocenters. The lowest BCUT2D eigenvalue weighted by molar-refractivity contribution is 1.05. The van der Waals surface area contributed by atoms with Gasteiger partial charge in [-0.15, -0.1) is 0 Å². The van der Waals surface area contributed by atoms with Crippen LogP contribution in [0.2, 0.25) is 5.02 Å². The highest BCUT2D eigenvalue weighted by Crippen LogP contribution is 2.28. The molecule has 0 spiro atoms. The minimum absolute atomic E-state index is 0.584. The topological polar surface area (TPSA) is 23.8 Å². The first-order valence-corrected chi connectivity index (χ1v) is 6.82. The Labute approximate surface area is 120 Å². The maximum Gasteiger partial charge on any atom is 0.0992 e. The average Bonchev–Trinajstić information content (AvgIpc) is 2.35. The Morgan fingerprint density at radius 1 is 1.17 bits per heavy atom. The highest BCUT2D eigenvalue weighted by molar-refractivity contribution is 9.11. The predicted molar refractivity (Wildman–Crippen MR) is 79.5 cm³/mol. The van der Waals surface area contributed by atoms with Gasteiger partial charge in [0.1, 0.15) is 0 Å². The molecule has 0 fully saturated rings. The fourth-order valence-corrected chi connectivity index (χ4v) is 2.43. The minimum Gasteiger partial charge on any atom is -0.192 e. The van der Waals surface area contributed by atoms with Crippen molar-refractivity contribution >= 4 is 33.1 Å². The summed E-state index contributed by atoms with van der Waals surface area (Å²) in [7, 11) is 0. The molecule has 0 atom stereocenters. The van der Waals surface area contributed by atoms with E-state index >= 15 is 0 Å². The monoisotopic (exact) mass is 319 g/mol. The molecule has 90 valence electrons. The number of nitriles is 1. The molecule has 18 heavy (non-hydrogen) atoms. The van der Waals surface area contributed by atoms with Crippen molar-refractivity contribution in [2.24, 2.45) is 0 Å². The molecule has 0 aromatic heterocycles. The number of hydrogen-bond acceptors (Lipinski definition) is 1. The first kappa shape index (κ1) is 13.1. The van der Waals surface area contributed by atoms with E-state index in [1.165, 1.54) is 0 Å². The first-order chi connectivity index (χ1) is 8.70. The summed E-state index contributed by atoms with van der Waals surface area (Å²) in [6.07, 6.45) is 10.3. The number of rotatable bonds is 1. The smallest absolute Gasteiger partial charge is 0.0992 e. The summed E-state index contributed by atoms with van der Waals surface area (Å²) in [5.41, 5.74) is 2.64. The van der Waals surface area contributed by atoms with E-state index in [-0.39, 0.29) is 0 Å². The van der Waals surface area contributed by atoms with Crippen molar-refractivity contribution < 1.29 is 0 Å². The van der Waals surface area contributed by atoms with Gasteiger partial charge in [0.05, 0.1) is 11.6 Å². The minimum atomic E-state index is 0.584. The quantitative estimate of drug-likeness (QED) is 0.695. The molecule has 0 N–H and O–H groups in total. The molecule has 0 radical (unpaired) electrons. The van der Waals surface area contributed by atoms with Gasteiger partial charge in [0.2, 0.25) is 0 Å². The van der Waals surface area contributed by atoms with Crippen molar-refractivity contribution in [1.82, 2.24) is 0 Å². The number of hydrogen-bond donors (Lipinski definition) is 0. The molecule has 0 amide bonds. The summed E-state index contributed by atoms with van der Waals surface area (Å²) in [4.78, 5) is 0. The highest BCUT2D eigenvalue weighted by atomic mass is 79.9. The molecule has 0 saturated heterocycles. The third-order valence-electron chi connectivity index (χ3n) is 2.70. The van der Waals surface area contributed by atoms with Crippen molar-refractivity contribution in [2.45, 2.75) is 12.8 Å². The zero-order valence-corrected chi connectivity index (χ0v) is 12.0. The molecule has 1 aliphatic carbocycles. The lowest BCUT2D eigenvalue weighted by atomic mass is 10.0. The van der Waals surface area contributed by atoms with Crippen LogP contribution in [0.5, 0.6) is 0 Å². The van der Waals surface area contributed by atoms with Crippen LogP contribution in [0.1, 0.15) is 24.0 Å². The van der Waals surface area contributed by atoms with Crippen LogP contribution in [-0.4, -0.2) is 0 Å². The maximum atomic E-state index is 8.83. The van der Waals surface area contributed by atoms with Crippen LogP contribution in [0, 0.1) is 11.3 Å². The van der Waals surface area contributed by atoms with E-state index in [4.69, 9.17) is 16.9 Å². The summed E-state index contributed by atoms with van der Waals surface area (Å²) >= 11 is 9.71. The van der Waals surface area contributed by atoms with E-state index in [1.807, 2.05) is 18.2 Å². The molecule has 1 aromatic rings. The third kappa shape index (κ3) is 3.13. The van der Waals surface area contributed by atoms with Crippen LogP contribution < -0.4 is 0 Å². The first-order valence-electron chi connectivity index (χ1n) is 5.64. The molecular weight excluding hydrogens is 310 g/mol. The van der Waals surface area contributed by atoms with E-state index in [1.54, 1.807) is 12.1 Å². The fraction of sp³-hybridized carbons (Fsp3) is 0.133. The Hall–Kier alpha value is -1.30. The van der Waals surface area contributed by atoms with Crippen LogP contribution in [0.25, 0.3) is 5.57 Å². The number of allylic oxidation sites excluding steroid dienone is 6. The van der Waals surface area contributed by atoms with Crippen molar-refractivity contribution in [3.63, 3.8) is 0 Å². The molecule has 0 aliphatic heterocycles. The zero-order valence-electron chi connectivity index (χ0n) is 9.66. The van der Waals surface area contributed by atoms with Gasteiger partial charge in [-0.25, -0.2) is 0 Å². The van der Waals surface area contributed by atoms with Crippen LogP contribution >= 0.6 is 27.5 Å². The van der Waals surface area contributed by atoms with Gasteiger partial charge in [0.15, 0.2) is 0 Å². The zero-order chi connectivity index (χ0) is 13.0. The van der Waals surface area contributed by atoms with E-state index in [9.17, 15) is 0 Å². The Morgan fingerprint density at radius 3 is 2.67 bits per heavy atom. The van der Waals surface area contributed by atoms with Gasteiger partial charge in [-0.05, 0) is 36.6 Å². The second-order valence-electron chi connectivity index (χ2n) is 3.97. The molecule has 0 bridgehead atoms. The maximum absolute atomic E-state index is 8.83. The Kier molecular flexibility index (Phi) is 4.41. The predicted octanol–water partition coefficient (Wildman–Crippen LogP) is 5.22.